The van der Waals surface area contributed by atoms with Crippen LogP contribution in [-0.4, -0.2) is 54.8 Å². The number of aliphatic imine (C=N–C) groups is 1. The van der Waals surface area contributed by atoms with Gasteiger partial charge < -0.3 is 24.8 Å². The van der Waals surface area contributed by atoms with E-state index in [9.17, 15) is 0 Å². The van der Waals surface area contributed by atoms with Crippen molar-refractivity contribution in [3.63, 3.8) is 0 Å². The second kappa shape index (κ2) is 8.77. The first-order valence-corrected chi connectivity index (χ1v) is 9.40. The minimum atomic E-state index is 0.0547. The van der Waals surface area contributed by atoms with Crippen LogP contribution in [0.5, 0.6) is 17.2 Å². The molecule has 28 heavy (non-hydrogen) atoms. The van der Waals surface area contributed by atoms with Gasteiger partial charge in [0.1, 0.15) is 36.7 Å². The van der Waals surface area contributed by atoms with Gasteiger partial charge in [0.2, 0.25) is 0 Å². The van der Waals surface area contributed by atoms with E-state index in [1.54, 1.807) is 13.0 Å². The zero-order valence-electron chi connectivity index (χ0n) is 16.3. The van der Waals surface area contributed by atoms with Gasteiger partial charge in [0.25, 0.3) is 0 Å². The Morgan fingerprint density at radius 3 is 2.54 bits per heavy atom. The van der Waals surface area contributed by atoms with Crippen molar-refractivity contribution in [2.24, 2.45) is 10.7 Å². The van der Waals surface area contributed by atoms with E-state index in [-0.39, 0.29) is 11.9 Å². The molecule has 3 rings (SSSR count). The third-order valence-corrected chi connectivity index (χ3v) is 4.60. The van der Waals surface area contributed by atoms with Crippen molar-refractivity contribution in [1.82, 2.24) is 4.90 Å². The van der Waals surface area contributed by atoms with Crippen LogP contribution in [-0.2, 0) is 0 Å². The van der Waals surface area contributed by atoms with E-state index in [0.717, 1.165) is 43.2 Å². The molecule has 0 unspecified atom stereocenters. The van der Waals surface area contributed by atoms with Gasteiger partial charge in [0.05, 0.1) is 5.84 Å². The Balaban J connectivity index is 1.53. The van der Waals surface area contributed by atoms with E-state index in [2.05, 4.69) is 4.99 Å². The van der Waals surface area contributed by atoms with Crippen LogP contribution in [0.3, 0.4) is 0 Å². The van der Waals surface area contributed by atoms with Crippen LogP contribution in [0.25, 0.3) is 0 Å². The van der Waals surface area contributed by atoms with Crippen LogP contribution in [0.1, 0.15) is 26.7 Å². The Bertz CT molecular complexity index is 806. The van der Waals surface area contributed by atoms with Gasteiger partial charge in [-0.05, 0) is 37.6 Å². The number of amidine groups is 3. The summed E-state index contributed by atoms with van der Waals surface area (Å²) >= 11 is 0. The molecule has 0 bridgehead atoms. The summed E-state index contributed by atoms with van der Waals surface area (Å²) in [6, 6.07) is 5.66. The summed E-state index contributed by atoms with van der Waals surface area (Å²) in [7, 11) is 0. The number of nitrogens with two attached hydrogens (primary N) is 1. The maximum Gasteiger partial charge on any atom is 0.165 e. The minimum Gasteiger partial charge on any atom is -0.490 e. The molecule has 0 radical (unpaired) electrons. The van der Waals surface area contributed by atoms with Crippen LogP contribution in [0, 0.1) is 10.8 Å². The number of rotatable bonds is 4. The van der Waals surface area contributed by atoms with Crippen molar-refractivity contribution in [2.75, 3.05) is 26.3 Å². The van der Waals surface area contributed by atoms with Crippen LogP contribution in [0.4, 0.5) is 0 Å². The van der Waals surface area contributed by atoms with E-state index < -0.39 is 0 Å². The van der Waals surface area contributed by atoms with Gasteiger partial charge in [-0.2, -0.15) is 0 Å². The summed E-state index contributed by atoms with van der Waals surface area (Å²) in [4.78, 5) is 5.88. The fraction of sp³-hybridized carbons (Fsp3) is 0.450. The van der Waals surface area contributed by atoms with Crippen LogP contribution in [0.15, 0.2) is 34.8 Å². The third kappa shape index (κ3) is 5.03. The normalized spacial score (nSPS) is 18.0. The summed E-state index contributed by atoms with van der Waals surface area (Å²) < 4.78 is 17.2. The molecule has 2 heterocycles. The molecule has 1 aromatic rings. The maximum atomic E-state index is 8.37. The van der Waals surface area contributed by atoms with Gasteiger partial charge in [0.15, 0.2) is 11.5 Å². The fourth-order valence-electron chi connectivity index (χ4n) is 3.23. The third-order valence-electron chi connectivity index (χ3n) is 4.60. The number of likely N-dealkylation sites (tertiary alicyclic amines) is 1. The van der Waals surface area contributed by atoms with Crippen molar-refractivity contribution in [2.45, 2.75) is 32.8 Å². The highest BCUT2D eigenvalue weighted by Gasteiger charge is 2.23. The molecular weight excluding hydrogens is 358 g/mol. The molecule has 2 aliphatic rings. The molecule has 1 saturated heterocycles. The zero-order valence-corrected chi connectivity index (χ0v) is 16.3. The van der Waals surface area contributed by atoms with Gasteiger partial charge in [0, 0.05) is 32.0 Å². The molecule has 0 spiro atoms. The van der Waals surface area contributed by atoms with Crippen molar-refractivity contribution < 1.29 is 14.2 Å². The minimum absolute atomic E-state index is 0.0547. The van der Waals surface area contributed by atoms with E-state index in [0.29, 0.717) is 30.5 Å². The van der Waals surface area contributed by atoms with Gasteiger partial charge in [-0.25, -0.2) is 4.99 Å². The zero-order chi connectivity index (χ0) is 20.1. The summed E-state index contributed by atoms with van der Waals surface area (Å²) in [6.07, 6.45) is 3.30. The lowest BCUT2D eigenvalue weighted by molar-refractivity contribution is 0.128. The quantitative estimate of drug-likeness (QED) is 0.544. The molecule has 8 nitrogen and oxygen atoms in total. The Morgan fingerprint density at radius 2 is 1.86 bits per heavy atom. The Labute approximate surface area is 165 Å². The van der Waals surface area contributed by atoms with E-state index in [1.807, 2.05) is 30.0 Å². The van der Waals surface area contributed by atoms with Crippen LogP contribution in [0.2, 0.25) is 0 Å². The highest BCUT2D eigenvalue weighted by molar-refractivity contribution is 6.06. The first-order chi connectivity index (χ1) is 13.4. The first kappa shape index (κ1) is 19.7. The number of benzene rings is 1. The molecule has 0 atom stereocenters. The van der Waals surface area contributed by atoms with E-state index in [4.69, 9.17) is 30.8 Å². The summed E-state index contributed by atoms with van der Waals surface area (Å²) in [5, 5.41) is 16.1. The second-order valence-electron chi connectivity index (χ2n) is 6.92. The van der Waals surface area contributed by atoms with Crippen LogP contribution < -0.4 is 19.9 Å². The average Bonchev–Trinajstić information content (AvgIpc) is 2.67. The molecule has 0 aromatic heterocycles. The number of nitrogens with zero attached hydrogens (tertiary/aromatic N) is 2. The lowest BCUT2D eigenvalue weighted by atomic mass is 10.1. The number of piperidine rings is 1. The van der Waals surface area contributed by atoms with Gasteiger partial charge in [-0.1, -0.05) is 0 Å². The van der Waals surface area contributed by atoms with Gasteiger partial charge in [-0.15, -0.1) is 0 Å². The van der Waals surface area contributed by atoms with Crippen LogP contribution >= 0.6 is 0 Å². The smallest absolute Gasteiger partial charge is 0.165 e. The maximum absolute atomic E-state index is 8.37. The SMILES string of the molecule is CC(N)=NC(=N)/C=C(/C)C(=N)N1CCC(Oc2ccc3c(c2)OCCO3)CC1. The highest BCUT2D eigenvalue weighted by atomic mass is 16.6. The van der Waals surface area contributed by atoms with E-state index >= 15 is 0 Å². The number of hydrogen-bond donors (Lipinski definition) is 3. The largest absolute Gasteiger partial charge is 0.490 e. The molecular formula is C20H27N5O3. The lowest BCUT2D eigenvalue weighted by Gasteiger charge is -2.34. The number of hydrogen-bond acceptors (Lipinski definition) is 5. The van der Waals surface area contributed by atoms with Crippen molar-refractivity contribution in [3.8, 4) is 17.2 Å². The number of fused-ring (bicyclic) bond motifs is 1. The number of ether oxygens (including phenoxy) is 3. The molecule has 8 heteroatoms. The molecule has 0 aliphatic carbocycles. The lowest BCUT2D eigenvalue weighted by Crippen LogP contribution is -2.41. The first-order valence-electron chi connectivity index (χ1n) is 9.40. The Morgan fingerprint density at radius 1 is 1.18 bits per heavy atom. The van der Waals surface area contributed by atoms with Gasteiger partial charge >= 0.3 is 0 Å². The molecule has 1 fully saturated rings. The summed E-state index contributed by atoms with van der Waals surface area (Å²) in [6.45, 7) is 6.03. The second-order valence-corrected chi connectivity index (χ2v) is 6.92. The Hall–Kier alpha value is -3.03. The molecule has 4 N–H and O–H groups in total. The average molecular weight is 385 g/mol. The topological polar surface area (TPSA) is 117 Å². The summed E-state index contributed by atoms with van der Waals surface area (Å²) in [5.74, 6) is 3.05. The summed E-state index contributed by atoms with van der Waals surface area (Å²) in [5.41, 5.74) is 6.19. The fourth-order valence-corrected chi connectivity index (χ4v) is 3.23. The Kier molecular flexibility index (Phi) is 6.18. The molecule has 0 amide bonds. The van der Waals surface area contributed by atoms with E-state index in [1.165, 1.54) is 0 Å². The molecule has 150 valence electrons. The predicted octanol–water partition coefficient (Wildman–Crippen LogP) is 2.58. The molecule has 0 saturated carbocycles. The number of nitrogens with one attached hydrogen (secondary N) is 2. The van der Waals surface area contributed by atoms with Gasteiger partial charge in [-0.3, -0.25) is 10.8 Å². The van der Waals surface area contributed by atoms with Crippen molar-refractivity contribution in [1.29, 1.82) is 10.8 Å². The monoisotopic (exact) mass is 385 g/mol. The molecule has 2 aliphatic heterocycles. The van der Waals surface area contributed by atoms with Crippen molar-refractivity contribution >= 4 is 17.5 Å². The highest BCUT2D eigenvalue weighted by Crippen LogP contribution is 2.34. The molecule has 1 aromatic carbocycles. The van der Waals surface area contributed by atoms with Crippen molar-refractivity contribution in [3.05, 3.63) is 29.8 Å². The predicted molar refractivity (Wildman–Crippen MR) is 109 cm³/mol. The standard InChI is InChI=1S/C20H27N5O3/c1-13(11-19(22)24-14(2)21)20(23)25-7-5-15(6-8-25)28-16-3-4-17-18(12-16)27-10-9-26-17/h3-4,11-12,15,23H,5-10H2,1-2H3,(H3,21,22,24)/b13-11-,23-20?.